The molecule has 0 aliphatic carbocycles. The van der Waals surface area contributed by atoms with Gasteiger partial charge < -0.3 is 10.2 Å². The lowest BCUT2D eigenvalue weighted by molar-refractivity contribution is -0.140. The van der Waals surface area contributed by atoms with E-state index in [1.165, 1.54) is 23.1 Å². The van der Waals surface area contributed by atoms with Gasteiger partial charge in [-0.05, 0) is 48.7 Å². The number of amides is 2. The Kier molecular flexibility index (Phi) is 10.7. The molecule has 39 heavy (non-hydrogen) atoms. The zero-order valence-electron chi connectivity index (χ0n) is 22.2. The lowest BCUT2D eigenvalue weighted by Crippen LogP contribution is -2.54. The largest absolute Gasteiger partial charge is 0.352 e. The number of nitrogens with zero attached hydrogens (tertiary/aromatic N) is 2. The fourth-order valence-corrected chi connectivity index (χ4v) is 5.14. The van der Waals surface area contributed by atoms with Gasteiger partial charge in [0.05, 0.1) is 11.9 Å². The summed E-state index contributed by atoms with van der Waals surface area (Å²) in [6.45, 7) is 3.20. The molecule has 0 saturated heterocycles. The molecule has 0 unspecified atom stereocenters. The highest BCUT2D eigenvalue weighted by Crippen LogP contribution is 2.23. The Balaban J connectivity index is 2.06. The quantitative estimate of drug-likeness (QED) is 0.313. The highest BCUT2D eigenvalue weighted by Gasteiger charge is 2.34. The van der Waals surface area contributed by atoms with Crippen LogP contribution in [0.5, 0.6) is 0 Å². The Bertz CT molecular complexity index is 1370. The zero-order chi connectivity index (χ0) is 28.6. The number of hydrogen-bond donors (Lipinski definition) is 1. The highest BCUT2D eigenvalue weighted by atomic mass is 79.9. The van der Waals surface area contributed by atoms with Gasteiger partial charge in [0.25, 0.3) is 0 Å². The number of hydrogen-bond acceptors (Lipinski definition) is 4. The molecular weight excluding hydrogens is 585 g/mol. The van der Waals surface area contributed by atoms with Crippen molar-refractivity contribution in [3.8, 4) is 0 Å². The molecule has 1 N–H and O–H groups in total. The van der Waals surface area contributed by atoms with Crippen LogP contribution < -0.4 is 9.62 Å². The molecular formula is C29H33BrFN3O4S. The monoisotopic (exact) mass is 617 g/mol. The number of carbonyl (C=O) groups is 2. The third kappa shape index (κ3) is 8.63. The van der Waals surface area contributed by atoms with Crippen LogP contribution in [0.3, 0.4) is 0 Å². The molecule has 2 atom stereocenters. The molecule has 0 heterocycles. The molecule has 0 aliphatic heterocycles. The SMILES string of the molecule is CC[C@H](C)NC(=O)[C@H](Cc1ccccc1)N(Cc1ccc(Br)cc1)C(=O)CN(c1ccccc1F)S(C)(=O)=O. The average molecular weight is 619 g/mol. The molecule has 7 nitrogen and oxygen atoms in total. The van der Waals surface area contributed by atoms with E-state index in [1.54, 1.807) is 0 Å². The normalized spacial score (nSPS) is 12.8. The van der Waals surface area contributed by atoms with Crippen LogP contribution in [0.25, 0.3) is 0 Å². The molecule has 0 aromatic heterocycles. The number of para-hydroxylation sites is 1. The van der Waals surface area contributed by atoms with E-state index < -0.39 is 34.3 Å². The van der Waals surface area contributed by atoms with E-state index in [0.717, 1.165) is 32.2 Å². The highest BCUT2D eigenvalue weighted by molar-refractivity contribution is 9.10. The summed E-state index contributed by atoms with van der Waals surface area (Å²) in [4.78, 5) is 28.9. The fraction of sp³-hybridized carbons (Fsp3) is 0.310. The van der Waals surface area contributed by atoms with Crippen LogP contribution in [0.2, 0.25) is 0 Å². The molecule has 10 heteroatoms. The van der Waals surface area contributed by atoms with Crippen LogP contribution in [0.4, 0.5) is 10.1 Å². The second-order valence-corrected chi connectivity index (χ2v) is 12.2. The van der Waals surface area contributed by atoms with Crippen molar-refractivity contribution in [1.29, 1.82) is 0 Å². The minimum Gasteiger partial charge on any atom is -0.352 e. The van der Waals surface area contributed by atoms with Gasteiger partial charge in [0.15, 0.2) is 0 Å². The number of carbonyl (C=O) groups excluding carboxylic acids is 2. The second kappa shape index (κ2) is 13.7. The van der Waals surface area contributed by atoms with Crippen molar-refractivity contribution < 1.29 is 22.4 Å². The van der Waals surface area contributed by atoms with Gasteiger partial charge in [0.2, 0.25) is 21.8 Å². The number of benzene rings is 3. The maximum absolute atomic E-state index is 14.7. The summed E-state index contributed by atoms with van der Waals surface area (Å²) >= 11 is 3.41. The van der Waals surface area contributed by atoms with E-state index in [4.69, 9.17) is 0 Å². The second-order valence-electron chi connectivity index (χ2n) is 9.39. The predicted molar refractivity (Wildman–Crippen MR) is 155 cm³/mol. The first-order chi connectivity index (χ1) is 18.5. The van der Waals surface area contributed by atoms with Gasteiger partial charge in [-0.1, -0.05) is 77.5 Å². The van der Waals surface area contributed by atoms with Crippen LogP contribution in [0.15, 0.2) is 83.3 Å². The fourth-order valence-electron chi connectivity index (χ4n) is 4.03. The lowest BCUT2D eigenvalue weighted by Gasteiger charge is -2.34. The molecule has 0 aliphatic rings. The summed E-state index contributed by atoms with van der Waals surface area (Å²) in [5.41, 5.74) is 1.35. The third-order valence-electron chi connectivity index (χ3n) is 6.34. The van der Waals surface area contributed by atoms with Gasteiger partial charge >= 0.3 is 0 Å². The predicted octanol–water partition coefficient (Wildman–Crippen LogP) is 4.91. The van der Waals surface area contributed by atoms with E-state index in [9.17, 15) is 22.4 Å². The number of sulfonamides is 1. The molecule has 3 aromatic rings. The summed E-state index contributed by atoms with van der Waals surface area (Å²) in [5, 5.41) is 2.97. The maximum atomic E-state index is 14.7. The van der Waals surface area contributed by atoms with Gasteiger partial charge in [-0.25, -0.2) is 12.8 Å². The Morgan fingerprint density at radius 3 is 2.15 bits per heavy atom. The number of anilines is 1. The first-order valence-electron chi connectivity index (χ1n) is 12.6. The van der Waals surface area contributed by atoms with Gasteiger partial charge in [-0.3, -0.25) is 13.9 Å². The van der Waals surface area contributed by atoms with Crippen molar-refractivity contribution in [1.82, 2.24) is 10.2 Å². The molecule has 3 aromatic carbocycles. The van der Waals surface area contributed by atoms with Crippen molar-refractivity contribution in [3.05, 3.63) is 100 Å². The van der Waals surface area contributed by atoms with E-state index in [2.05, 4.69) is 21.2 Å². The molecule has 0 spiro atoms. The average Bonchev–Trinajstić information content (AvgIpc) is 2.90. The standard InChI is InChI=1S/C29H33BrFN3O4S/c1-4-21(2)32-29(36)27(18-22-10-6-5-7-11-22)33(19-23-14-16-24(30)17-15-23)28(35)20-34(39(3,37)38)26-13-9-8-12-25(26)31/h5-17,21,27H,4,18-20H2,1-3H3,(H,32,36)/t21-,27-/m0/s1. The molecule has 208 valence electrons. The van der Waals surface area contributed by atoms with E-state index in [1.807, 2.05) is 68.4 Å². The van der Waals surface area contributed by atoms with Gasteiger partial charge in [0, 0.05) is 23.5 Å². The minimum absolute atomic E-state index is 0.0480. The Labute approximate surface area is 238 Å². The molecule has 0 bridgehead atoms. The Hall–Kier alpha value is -3.24. The zero-order valence-corrected chi connectivity index (χ0v) is 24.6. The first kappa shape index (κ1) is 30.3. The summed E-state index contributed by atoms with van der Waals surface area (Å²) in [5.74, 6) is -1.76. The van der Waals surface area contributed by atoms with Crippen LogP contribution in [-0.2, 0) is 32.6 Å². The Morgan fingerprint density at radius 1 is 0.949 bits per heavy atom. The molecule has 0 saturated carbocycles. The summed E-state index contributed by atoms with van der Waals surface area (Å²) < 4.78 is 41.7. The van der Waals surface area contributed by atoms with Crippen LogP contribution in [0, 0.1) is 5.82 Å². The maximum Gasteiger partial charge on any atom is 0.244 e. The summed E-state index contributed by atoms with van der Waals surface area (Å²) in [6.07, 6.45) is 1.83. The van der Waals surface area contributed by atoms with Gasteiger partial charge in [-0.2, -0.15) is 0 Å². The number of halogens is 2. The van der Waals surface area contributed by atoms with Crippen molar-refractivity contribution in [2.45, 2.75) is 45.3 Å². The topological polar surface area (TPSA) is 86.8 Å². The van der Waals surface area contributed by atoms with E-state index in [0.29, 0.717) is 6.42 Å². The van der Waals surface area contributed by atoms with Crippen LogP contribution >= 0.6 is 15.9 Å². The smallest absolute Gasteiger partial charge is 0.244 e. The van der Waals surface area contributed by atoms with Crippen molar-refractivity contribution >= 4 is 43.5 Å². The first-order valence-corrected chi connectivity index (χ1v) is 15.2. The summed E-state index contributed by atoms with van der Waals surface area (Å²) in [6, 6.07) is 20.9. The van der Waals surface area contributed by atoms with Crippen molar-refractivity contribution in [3.63, 3.8) is 0 Å². The third-order valence-corrected chi connectivity index (χ3v) is 7.99. The van der Waals surface area contributed by atoms with Gasteiger partial charge in [0.1, 0.15) is 18.4 Å². The molecule has 0 fully saturated rings. The molecule has 3 rings (SSSR count). The number of rotatable bonds is 12. The Morgan fingerprint density at radius 2 is 1.56 bits per heavy atom. The number of nitrogens with one attached hydrogen (secondary N) is 1. The lowest BCUT2D eigenvalue weighted by atomic mass is 10.0. The van der Waals surface area contributed by atoms with Gasteiger partial charge in [-0.15, -0.1) is 0 Å². The minimum atomic E-state index is -4.04. The van der Waals surface area contributed by atoms with E-state index in [-0.39, 0.29) is 30.6 Å². The molecule has 2 amide bonds. The van der Waals surface area contributed by atoms with Crippen molar-refractivity contribution in [2.75, 3.05) is 17.1 Å². The van der Waals surface area contributed by atoms with Crippen molar-refractivity contribution in [2.24, 2.45) is 0 Å². The van der Waals surface area contributed by atoms with E-state index >= 15 is 0 Å². The molecule has 0 radical (unpaired) electrons. The summed E-state index contributed by atoms with van der Waals surface area (Å²) in [7, 11) is -4.04. The van der Waals surface area contributed by atoms with Crippen LogP contribution in [0.1, 0.15) is 31.4 Å². The van der Waals surface area contributed by atoms with Crippen LogP contribution in [-0.4, -0.2) is 50.0 Å².